The largest absolute Gasteiger partial charge is 0.491 e. The molecule has 2 aromatic rings. The quantitative estimate of drug-likeness (QED) is 0.549. The van der Waals surface area contributed by atoms with E-state index in [1.54, 1.807) is 6.07 Å². The van der Waals surface area contributed by atoms with Crippen molar-refractivity contribution >= 4 is 15.9 Å². The molecule has 164 valence electrons. The topological polar surface area (TPSA) is 75.7 Å². The van der Waals surface area contributed by atoms with Crippen molar-refractivity contribution in [2.45, 2.75) is 39.3 Å². The molecule has 0 aromatic heterocycles. The number of amides is 1. The Hall–Kier alpha value is -2.45. The minimum absolute atomic E-state index is 0.0988. The zero-order chi connectivity index (χ0) is 22.1. The van der Waals surface area contributed by atoms with Crippen LogP contribution in [0.25, 0.3) is 0 Å². The third-order valence-electron chi connectivity index (χ3n) is 4.33. The van der Waals surface area contributed by atoms with Crippen LogP contribution in [-0.2, 0) is 27.8 Å². The Morgan fingerprint density at radius 1 is 1.17 bits per heavy atom. The molecule has 1 N–H and O–H groups in total. The number of carbonyl (C=O) groups excluding carboxylic acids is 1. The van der Waals surface area contributed by atoms with E-state index >= 15 is 0 Å². The summed E-state index contributed by atoms with van der Waals surface area (Å²) in [5.41, 5.74) is 1.32. The molecule has 0 bridgehead atoms. The first kappa shape index (κ1) is 23.8. The third-order valence-corrected chi connectivity index (χ3v) is 5.52. The van der Waals surface area contributed by atoms with E-state index in [0.717, 1.165) is 28.3 Å². The lowest BCUT2D eigenvalue weighted by atomic mass is 10.1. The van der Waals surface area contributed by atoms with Gasteiger partial charge in [0.1, 0.15) is 11.6 Å². The Morgan fingerprint density at radius 2 is 1.90 bits per heavy atom. The molecular formula is C22H29FN2O4S. The van der Waals surface area contributed by atoms with Gasteiger partial charge in [-0.25, -0.2) is 12.8 Å². The molecule has 8 heteroatoms. The van der Waals surface area contributed by atoms with Crippen molar-refractivity contribution in [1.29, 1.82) is 0 Å². The highest BCUT2D eigenvalue weighted by molar-refractivity contribution is 7.88. The molecule has 2 aromatic carbocycles. The Morgan fingerprint density at radius 3 is 2.57 bits per heavy atom. The number of hydrogen-bond acceptors (Lipinski definition) is 4. The smallest absolute Gasteiger partial charge is 0.235 e. The van der Waals surface area contributed by atoms with Crippen LogP contribution in [0.4, 0.5) is 4.39 Å². The normalized spacial score (nSPS) is 11.7. The monoisotopic (exact) mass is 436 g/mol. The summed E-state index contributed by atoms with van der Waals surface area (Å²) in [6.45, 7) is 3.79. The van der Waals surface area contributed by atoms with Crippen LogP contribution >= 0.6 is 0 Å². The highest BCUT2D eigenvalue weighted by Crippen LogP contribution is 2.16. The molecule has 0 radical (unpaired) electrons. The van der Waals surface area contributed by atoms with Gasteiger partial charge in [-0.3, -0.25) is 4.79 Å². The van der Waals surface area contributed by atoms with Gasteiger partial charge in [0.25, 0.3) is 0 Å². The molecule has 30 heavy (non-hydrogen) atoms. The second-order valence-corrected chi connectivity index (χ2v) is 9.37. The van der Waals surface area contributed by atoms with Gasteiger partial charge in [-0.2, -0.15) is 4.31 Å². The van der Waals surface area contributed by atoms with E-state index in [0.29, 0.717) is 13.0 Å². The fourth-order valence-electron chi connectivity index (χ4n) is 2.89. The van der Waals surface area contributed by atoms with Gasteiger partial charge in [-0.05, 0) is 50.5 Å². The summed E-state index contributed by atoms with van der Waals surface area (Å²) >= 11 is 0. The number of benzene rings is 2. The molecular weight excluding hydrogens is 407 g/mol. The summed E-state index contributed by atoms with van der Waals surface area (Å²) in [4.78, 5) is 12.2. The van der Waals surface area contributed by atoms with Crippen LogP contribution in [0, 0.1) is 5.82 Å². The van der Waals surface area contributed by atoms with Crippen molar-refractivity contribution in [2.24, 2.45) is 0 Å². The average Bonchev–Trinajstić information content (AvgIpc) is 2.65. The van der Waals surface area contributed by atoms with E-state index in [4.69, 9.17) is 4.74 Å². The van der Waals surface area contributed by atoms with Crippen molar-refractivity contribution in [1.82, 2.24) is 9.62 Å². The molecule has 1 amide bonds. The maximum Gasteiger partial charge on any atom is 0.235 e. The van der Waals surface area contributed by atoms with Crippen molar-refractivity contribution in [3.8, 4) is 5.75 Å². The highest BCUT2D eigenvalue weighted by Gasteiger charge is 2.21. The van der Waals surface area contributed by atoms with Gasteiger partial charge >= 0.3 is 0 Å². The number of carbonyl (C=O) groups is 1. The van der Waals surface area contributed by atoms with E-state index < -0.39 is 21.7 Å². The molecule has 0 aliphatic rings. The molecule has 0 aliphatic heterocycles. The Balaban J connectivity index is 1.84. The lowest BCUT2D eigenvalue weighted by molar-refractivity contribution is -0.121. The van der Waals surface area contributed by atoms with Crippen molar-refractivity contribution in [3.05, 3.63) is 65.5 Å². The molecule has 0 aliphatic carbocycles. The molecule has 0 saturated heterocycles. The maximum atomic E-state index is 13.9. The van der Waals surface area contributed by atoms with Gasteiger partial charge < -0.3 is 10.1 Å². The fraction of sp³-hybridized carbons (Fsp3) is 0.409. The van der Waals surface area contributed by atoms with Crippen LogP contribution in [-0.4, -0.2) is 44.1 Å². The number of halogens is 1. The van der Waals surface area contributed by atoms with Crippen LogP contribution in [0.2, 0.25) is 0 Å². The maximum absolute atomic E-state index is 13.9. The molecule has 0 fully saturated rings. The molecule has 2 rings (SSSR count). The SMILES string of the molecule is CC(C)Oc1cccc(CCCNC(=O)CN(Cc2ccccc2F)S(C)(=O)=O)c1. The Bertz CT molecular complexity index is 948. The van der Waals surface area contributed by atoms with Gasteiger partial charge in [0.2, 0.25) is 15.9 Å². The van der Waals surface area contributed by atoms with Crippen LogP contribution < -0.4 is 10.1 Å². The number of ether oxygens (including phenoxy) is 1. The number of hydrogen-bond donors (Lipinski definition) is 1. The van der Waals surface area contributed by atoms with E-state index in [2.05, 4.69) is 5.32 Å². The van der Waals surface area contributed by atoms with Crippen molar-refractivity contribution < 1.29 is 22.3 Å². The van der Waals surface area contributed by atoms with E-state index in [1.807, 2.05) is 38.1 Å². The molecule has 6 nitrogen and oxygen atoms in total. The average molecular weight is 437 g/mol. The summed E-state index contributed by atoms with van der Waals surface area (Å²) in [5.74, 6) is -0.118. The molecule has 0 unspecified atom stereocenters. The van der Waals surface area contributed by atoms with Gasteiger partial charge in [0, 0.05) is 18.7 Å². The number of sulfonamides is 1. The molecule has 0 spiro atoms. The number of rotatable bonds is 11. The summed E-state index contributed by atoms with van der Waals surface area (Å²) < 4.78 is 44.5. The first-order valence-corrected chi connectivity index (χ1v) is 11.7. The van der Waals surface area contributed by atoms with Crippen LogP contribution in [0.1, 0.15) is 31.4 Å². The van der Waals surface area contributed by atoms with Crippen LogP contribution in [0.15, 0.2) is 48.5 Å². The first-order chi connectivity index (χ1) is 14.1. The molecule has 0 saturated carbocycles. The van der Waals surface area contributed by atoms with E-state index in [1.165, 1.54) is 18.2 Å². The van der Waals surface area contributed by atoms with Crippen molar-refractivity contribution in [2.75, 3.05) is 19.3 Å². The van der Waals surface area contributed by atoms with Crippen LogP contribution in [0.5, 0.6) is 5.75 Å². The van der Waals surface area contributed by atoms with E-state index in [9.17, 15) is 17.6 Å². The zero-order valence-corrected chi connectivity index (χ0v) is 18.4. The predicted molar refractivity (Wildman–Crippen MR) is 115 cm³/mol. The van der Waals surface area contributed by atoms with Crippen molar-refractivity contribution in [3.63, 3.8) is 0 Å². The summed E-state index contributed by atoms with van der Waals surface area (Å²) in [5, 5.41) is 2.73. The second-order valence-electron chi connectivity index (χ2n) is 7.39. The van der Waals surface area contributed by atoms with Gasteiger partial charge in [0.15, 0.2) is 0 Å². The Kier molecular flexibility index (Phi) is 8.80. The number of nitrogens with zero attached hydrogens (tertiary/aromatic N) is 1. The van der Waals surface area contributed by atoms with Gasteiger partial charge in [-0.1, -0.05) is 30.3 Å². The van der Waals surface area contributed by atoms with Gasteiger partial charge in [0.05, 0.1) is 18.9 Å². The first-order valence-electron chi connectivity index (χ1n) is 9.86. The summed E-state index contributed by atoms with van der Waals surface area (Å²) in [6, 6.07) is 13.7. The van der Waals surface area contributed by atoms with E-state index in [-0.39, 0.29) is 24.8 Å². The van der Waals surface area contributed by atoms with Gasteiger partial charge in [-0.15, -0.1) is 0 Å². The summed E-state index contributed by atoms with van der Waals surface area (Å²) in [6.07, 6.45) is 2.55. The lowest BCUT2D eigenvalue weighted by Crippen LogP contribution is -2.40. The fourth-order valence-corrected chi connectivity index (χ4v) is 3.62. The molecule has 0 heterocycles. The minimum Gasteiger partial charge on any atom is -0.491 e. The highest BCUT2D eigenvalue weighted by atomic mass is 32.2. The zero-order valence-electron chi connectivity index (χ0n) is 17.6. The number of aryl methyl sites for hydroxylation is 1. The Labute approximate surface area is 178 Å². The third kappa shape index (κ3) is 8.12. The second kappa shape index (κ2) is 11.1. The number of nitrogens with one attached hydrogen (secondary N) is 1. The van der Waals surface area contributed by atoms with Crippen LogP contribution in [0.3, 0.4) is 0 Å². The lowest BCUT2D eigenvalue weighted by Gasteiger charge is -2.20. The summed E-state index contributed by atoms with van der Waals surface area (Å²) in [7, 11) is -3.67. The molecule has 0 atom stereocenters. The predicted octanol–water partition coefficient (Wildman–Crippen LogP) is 3.12. The standard InChI is InChI=1S/C22H29FN2O4S/c1-17(2)29-20-11-6-8-18(14-20)9-7-13-24-22(26)16-25(30(3,27)28)15-19-10-4-5-12-21(19)23/h4-6,8,10-12,14,17H,7,9,13,15-16H2,1-3H3,(H,24,26). The minimum atomic E-state index is -3.67.